The van der Waals surface area contributed by atoms with E-state index in [2.05, 4.69) is 24.4 Å². The van der Waals surface area contributed by atoms with Crippen LogP contribution in [0.5, 0.6) is 0 Å². The molecule has 0 fully saturated rings. The molecule has 1 aliphatic rings. The molecule has 0 aromatic carbocycles. The van der Waals surface area contributed by atoms with Gasteiger partial charge in [-0.3, -0.25) is 0 Å². The lowest BCUT2D eigenvalue weighted by atomic mass is 10.1. The molecule has 0 saturated carbocycles. The molecule has 1 aliphatic heterocycles. The van der Waals surface area contributed by atoms with Crippen LogP contribution in [0.3, 0.4) is 0 Å². The average molecular weight is 141 g/mol. The van der Waals surface area contributed by atoms with Crippen molar-refractivity contribution in [3.8, 4) is 0 Å². The van der Waals surface area contributed by atoms with Gasteiger partial charge in [0.25, 0.3) is 0 Å². The summed E-state index contributed by atoms with van der Waals surface area (Å²) in [5, 5.41) is 3.13. The second kappa shape index (κ2) is 3.74. The quantitative estimate of drug-likeness (QED) is 0.587. The number of rotatable bonds is 3. The molecule has 1 heterocycles. The highest BCUT2D eigenvalue weighted by Crippen LogP contribution is 2.12. The summed E-state index contributed by atoms with van der Waals surface area (Å²) in [6.07, 6.45) is 4.56. The first-order chi connectivity index (χ1) is 4.84. The van der Waals surface area contributed by atoms with Gasteiger partial charge in [-0.15, -0.1) is 0 Å². The van der Waals surface area contributed by atoms with Crippen molar-refractivity contribution in [2.45, 2.75) is 13.0 Å². The first-order valence-electron chi connectivity index (χ1n) is 3.77. The minimum absolute atomic E-state index is 0.340. The van der Waals surface area contributed by atoms with Crippen LogP contribution in [0.2, 0.25) is 0 Å². The van der Waals surface area contributed by atoms with Crippen molar-refractivity contribution in [1.29, 1.82) is 0 Å². The van der Waals surface area contributed by atoms with Crippen LogP contribution in [0.25, 0.3) is 0 Å². The molecule has 0 aliphatic carbocycles. The summed E-state index contributed by atoms with van der Waals surface area (Å²) in [5.74, 6) is 0.587. The van der Waals surface area contributed by atoms with Gasteiger partial charge in [-0.05, 0) is 13.0 Å². The third-order valence-corrected chi connectivity index (χ3v) is 1.80. The lowest BCUT2D eigenvalue weighted by molar-refractivity contribution is 0.0877. The summed E-state index contributed by atoms with van der Waals surface area (Å²) in [7, 11) is 1.97. The Bertz CT molecular complexity index is 122. The van der Waals surface area contributed by atoms with E-state index in [-0.39, 0.29) is 0 Å². The highest BCUT2D eigenvalue weighted by atomic mass is 16.5. The van der Waals surface area contributed by atoms with E-state index in [0.29, 0.717) is 12.0 Å². The fraction of sp³-hybridized carbons (Fsp3) is 0.750. The smallest absolute Gasteiger partial charge is 0.0798 e. The van der Waals surface area contributed by atoms with Crippen LogP contribution in [0.1, 0.15) is 6.92 Å². The van der Waals surface area contributed by atoms with Gasteiger partial charge in [0, 0.05) is 6.54 Å². The molecular formula is C8H15NO. The van der Waals surface area contributed by atoms with Gasteiger partial charge < -0.3 is 10.1 Å². The van der Waals surface area contributed by atoms with E-state index in [0.717, 1.165) is 13.2 Å². The van der Waals surface area contributed by atoms with Crippen molar-refractivity contribution in [2.75, 3.05) is 20.2 Å². The summed E-state index contributed by atoms with van der Waals surface area (Å²) in [6, 6.07) is 0. The van der Waals surface area contributed by atoms with Crippen LogP contribution in [0, 0.1) is 5.92 Å². The molecule has 1 N–H and O–H groups in total. The third-order valence-electron chi connectivity index (χ3n) is 1.80. The molecule has 0 aromatic rings. The Morgan fingerprint density at radius 2 is 2.60 bits per heavy atom. The van der Waals surface area contributed by atoms with Gasteiger partial charge >= 0.3 is 0 Å². The van der Waals surface area contributed by atoms with E-state index >= 15 is 0 Å². The number of hydrogen-bond acceptors (Lipinski definition) is 2. The standard InChI is InChI=1S/C8H15NO/c1-7(6-9-2)8-4-3-5-10-8/h3-4,7-9H,5-6H2,1-2H3/t7-,8-/m0/s1. The molecule has 1 rings (SSSR count). The van der Waals surface area contributed by atoms with Gasteiger partial charge in [0.05, 0.1) is 12.7 Å². The summed E-state index contributed by atoms with van der Waals surface area (Å²) in [6.45, 7) is 4.00. The highest BCUT2D eigenvalue weighted by molar-refractivity contribution is 4.97. The summed E-state index contributed by atoms with van der Waals surface area (Å²) < 4.78 is 5.42. The lowest BCUT2D eigenvalue weighted by Gasteiger charge is -2.16. The molecule has 58 valence electrons. The van der Waals surface area contributed by atoms with Crippen molar-refractivity contribution >= 4 is 0 Å². The molecule has 10 heavy (non-hydrogen) atoms. The molecular weight excluding hydrogens is 126 g/mol. The van der Waals surface area contributed by atoms with Crippen molar-refractivity contribution in [3.63, 3.8) is 0 Å². The molecule has 0 spiro atoms. The van der Waals surface area contributed by atoms with Crippen molar-refractivity contribution < 1.29 is 4.74 Å². The minimum atomic E-state index is 0.340. The molecule has 0 unspecified atom stereocenters. The zero-order chi connectivity index (χ0) is 7.40. The first kappa shape index (κ1) is 7.76. The SMILES string of the molecule is CNC[C@H](C)[C@@H]1C=CCO1. The predicted octanol–water partition coefficient (Wildman–Crippen LogP) is 0.797. The topological polar surface area (TPSA) is 21.3 Å². The van der Waals surface area contributed by atoms with Gasteiger partial charge in [0.1, 0.15) is 0 Å². The van der Waals surface area contributed by atoms with Crippen LogP contribution < -0.4 is 5.32 Å². The lowest BCUT2D eigenvalue weighted by Crippen LogP contribution is -2.26. The van der Waals surface area contributed by atoms with Gasteiger partial charge in [0.2, 0.25) is 0 Å². The Balaban J connectivity index is 2.26. The van der Waals surface area contributed by atoms with Gasteiger partial charge in [-0.2, -0.15) is 0 Å². The van der Waals surface area contributed by atoms with E-state index in [9.17, 15) is 0 Å². The van der Waals surface area contributed by atoms with Crippen LogP contribution in [-0.4, -0.2) is 26.3 Å². The van der Waals surface area contributed by atoms with Crippen molar-refractivity contribution in [2.24, 2.45) is 5.92 Å². The predicted molar refractivity (Wildman–Crippen MR) is 42.0 cm³/mol. The minimum Gasteiger partial charge on any atom is -0.370 e. The van der Waals surface area contributed by atoms with Crippen LogP contribution >= 0.6 is 0 Å². The Morgan fingerprint density at radius 3 is 3.10 bits per heavy atom. The maximum atomic E-state index is 5.42. The van der Waals surface area contributed by atoms with Crippen LogP contribution in [0.15, 0.2) is 12.2 Å². The zero-order valence-corrected chi connectivity index (χ0v) is 6.63. The molecule has 2 heteroatoms. The maximum Gasteiger partial charge on any atom is 0.0798 e. The first-order valence-corrected chi connectivity index (χ1v) is 3.77. The Labute approximate surface area is 62.3 Å². The molecule has 0 bridgehead atoms. The molecule has 2 atom stereocenters. The Hall–Kier alpha value is -0.340. The monoisotopic (exact) mass is 141 g/mol. The van der Waals surface area contributed by atoms with E-state index < -0.39 is 0 Å². The summed E-state index contributed by atoms with van der Waals surface area (Å²) >= 11 is 0. The largest absolute Gasteiger partial charge is 0.370 e. The second-order valence-corrected chi connectivity index (χ2v) is 2.76. The maximum absolute atomic E-state index is 5.42. The molecule has 2 nitrogen and oxygen atoms in total. The molecule has 0 radical (unpaired) electrons. The van der Waals surface area contributed by atoms with Crippen molar-refractivity contribution in [3.05, 3.63) is 12.2 Å². The van der Waals surface area contributed by atoms with Crippen LogP contribution in [-0.2, 0) is 4.74 Å². The van der Waals surface area contributed by atoms with Gasteiger partial charge in [-0.25, -0.2) is 0 Å². The average Bonchev–Trinajstić information content (AvgIpc) is 2.38. The Kier molecular flexibility index (Phi) is 2.90. The van der Waals surface area contributed by atoms with E-state index in [1.807, 2.05) is 7.05 Å². The summed E-state index contributed by atoms with van der Waals surface area (Å²) in [5.41, 5.74) is 0. The van der Waals surface area contributed by atoms with Gasteiger partial charge in [0.15, 0.2) is 0 Å². The third kappa shape index (κ3) is 1.82. The van der Waals surface area contributed by atoms with Gasteiger partial charge in [-0.1, -0.05) is 19.1 Å². The highest BCUT2D eigenvalue weighted by Gasteiger charge is 2.16. The van der Waals surface area contributed by atoms with Crippen molar-refractivity contribution in [1.82, 2.24) is 5.32 Å². The fourth-order valence-electron chi connectivity index (χ4n) is 1.20. The number of hydrogen-bond donors (Lipinski definition) is 1. The molecule has 0 saturated heterocycles. The van der Waals surface area contributed by atoms with E-state index in [1.165, 1.54) is 0 Å². The zero-order valence-electron chi connectivity index (χ0n) is 6.63. The molecule has 0 aromatic heterocycles. The summed E-state index contributed by atoms with van der Waals surface area (Å²) in [4.78, 5) is 0. The Morgan fingerprint density at radius 1 is 1.80 bits per heavy atom. The molecule has 0 amide bonds. The van der Waals surface area contributed by atoms with E-state index in [1.54, 1.807) is 0 Å². The second-order valence-electron chi connectivity index (χ2n) is 2.76. The fourth-order valence-corrected chi connectivity index (χ4v) is 1.20. The number of ether oxygens (including phenoxy) is 1. The normalized spacial score (nSPS) is 27.2. The van der Waals surface area contributed by atoms with Crippen LogP contribution in [0.4, 0.5) is 0 Å². The number of nitrogens with one attached hydrogen (secondary N) is 1. The van der Waals surface area contributed by atoms with E-state index in [4.69, 9.17) is 4.74 Å².